The van der Waals surface area contributed by atoms with Crippen LogP contribution in [0.1, 0.15) is 18.4 Å². The summed E-state index contributed by atoms with van der Waals surface area (Å²) >= 11 is 3.26. The van der Waals surface area contributed by atoms with Crippen molar-refractivity contribution >= 4 is 43.7 Å². The first-order chi connectivity index (χ1) is 13.7. The van der Waals surface area contributed by atoms with Crippen LogP contribution in [0, 0.1) is 0 Å². The number of halogens is 1. The van der Waals surface area contributed by atoms with Crippen molar-refractivity contribution in [2.45, 2.75) is 18.4 Å². The van der Waals surface area contributed by atoms with Gasteiger partial charge in [-0.2, -0.15) is 0 Å². The molecule has 0 radical (unpaired) electrons. The Labute approximate surface area is 175 Å². The van der Waals surface area contributed by atoms with Crippen molar-refractivity contribution in [3.8, 4) is 0 Å². The number of methoxy groups -OCH3 is 1. The monoisotopic (exact) mass is 480 g/mol. The van der Waals surface area contributed by atoms with Gasteiger partial charge < -0.3 is 14.3 Å². The number of aliphatic hydroxyl groups is 1. The molecule has 0 amide bonds. The molecule has 1 aromatic heterocycles. The summed E-state index contributed by atoms with van der Waals surface area (Å²) in [6.45, 7) is 1.52. The molecule has 0 saturated heterocycles. The Bertz CT molecular complexity index is 1140. The first kappa shape index (κ1) is 21.0. The quantitative estimate of drug-likeness (QED) is 0.612. The third kappa shape index (κ3) is 4.66. The maximum Gasteiger partial charge on any atom is 0.343 e. The minimum atomic E-state index is -3.69. The van der Waals surface area contributed by atoms with Gasteiger partial charge in [0, 0.05) is 10.5 Å². The van der Waals surface area contributed by atoms with E-state index in [1.165, 1.54) is 25.3 Å². The summed E-state index contributed by atoms with van der Waals surface area (Å²) in [6, 6.07) is 9.45. The van der Waals surface area contributed by atoms with Crippen LogP contribution in [-0.4, -0.2) is 32.3 Å². The van der Waals surface area contributed by atoms with Gasteiger partial charge in [0.1, 0.15) is 22.8 Å². The number of nitrogens with zero attached hydrogens (tertiary/aromatic N) is 1. The number of aliphatic hydroxyl groups excluding tert-OH is 1. The molecular formula is C19H17BrN2O6S. The molecular weight excluding hydrogens is 464 g/mol. The van der Waals surface area contributed by atoms with Crippen molar-refractivity contribution in [1.82, 2.24) is 4.72 Å². The fourth-order valence-corrected chi connectivity index (χ4v) is 3.86. The Morgan fingerprint density at radius 3 is 2.62 bits per heavy atom. The molecule has 2 aromatic rings. The molecule has 2 heterocycles. The summed E-state index contributed by atoms with van der Waals surface area (Å²) in [5.74, 6) is -0.280. The van der Waals surface area contributed by atoms with Crippen LogP contribution in [0.4, 0.5) is 0 Å². The molecule has 1 aromatic carbocycles. The molecule has 0 spiro atoms. The Balaban J connectivity index is 1.73. The third-order valence-electron chi connectivity index (χ3n) is 4.04. The molecule has 0 unspecified atom stereocenters. The van der Waals surface area contributed by atoms with Crippen molar-refractivity contribution in [2.75, 3.05) is 7.11 Å². The van der Waals surface area contributed by atoms with Crippen LogP contribution in [-0.2, 0) is 26.1 Å². The molecule has 0 atom stereocenters. The number of benzene rings is 1. The molecule has 8 nitrogen and oxygen atoms in total. The number of sulfonamides is 1. The molecule has 10 heteroatoms. The highest BCUT2D eigenvalue weighted by Gasteiger charge is 2.27. The number of furan rings is 1. The molecule has 0 fully saturated rings. The number of carbonyl (C=O) groups is 1. The average molecular weight is 481 g/mol. The van der Waals surface area contributed by atoms with Gasteiger partial charge in [0.15, 0.2) is 5.76 Å². The Morgan fingerprint density at radius 1 is 1.28 bits per heavy atom. The number of carbonyl (C=O) groups excluding carboxylic acids is 1. The first-order valence-electron chi connectivity index (χ1n) is 8.34. The summed E-state index contributed by atoms with van der Waals surface area (Å²) in [5.41, 5.74) is 0.474. The smallest absolute Gasteiger partial charge is 0.343 e. The lowest BCUT2D eigenvalue weighted by atomic mass is 10.1. The van der Waals surface area contributed by atoms with E-state index in [9.17, 15) is 18.3 Å². The Morgan fingerprint density at radius 2 is 1.97 bits per heavy atom. The standard InChI is InChI=1S/C19H17BrN2O6S/c1-11-17(19(24)27-2)18(23)16(22-11)9-13-5-6-14(28-13)10-21-29(25,26)15-7-3-12(20)4-8-15/h3-9,21,23H,10H2,1-2H3. The van der Waals surface area contributed by atoms with Crippen LogP contribution in [0.25, 0.3) is 6.08 Å². The summed E-state index contributed by atoms with van der Waals surface area (Å²) in [4.78, 5) is 16.0. The zero-order valence-electron chi connectivity index (χ0n) is 15.5. The van der Waals surface area contributed by atoms with Gasteiger partial charge in [-0.15, -0.1) is 0 Å². The number of esters is 1. The fourth-order valence-electron chi connectivity index (χ4n) is 2.60. The van der Waals surface area contributed by atoms with Crippen LogP contribution in [0.2, 0.25) is 0 Å². The van der Waals surface area contributed by atoms with E-state index in [-0.39, 0.29) is 28.5 Å². The van der Waals surface area contributed by atoms with E-state index in [0.29, 0.717) is 17.2 Å². The van der Waals surface area contributed by atoms with Crippen molar-refractivity contribution in [2.24, 2.45) is 4.99 Å². The van der Waals surface area contributed by atoms with Gasteiger partial charge in [0.05, 0.1) is 24.3 Å². The Kier molecular flexibility index (Phi) is 6.06. The minimum Gasteiger partial charge on any atom is -0.505 e. The van der Waals surface area contributed by atoms with E-state index in [2.05, 4.69) is 30.4 Å². The van der Waals surface area contributed by atoms with Crippen LogP contribution < -0.4 is 4.72 Å². The molecule has 0 aliphatic carbocycles. The molecule has 1 aliphatic rings. The lowest BCUT2D eigenvalue weighted by Gasteiger charge is -2.05. The highest BCUT2D eigenvalue weighted by atomic mass is 79.9. The second kappa shape index (κ2) is 8.36. The van der Waals surface area contributed by atoms with Crippen LogP contribution in [0.5, 0.6) is 0 Å². The predicted molar refractivity (Wildman–Crippen MR) is 110 cm³/mol. The largest absolute Gasteiger partial charge is 0.505 e. The number of rotatable bonds is 6. The zero-order chi connectivity index (χ0) is 21.2. The summed E-state index contributed by atoms with van der Waals surface area (Å²) in [5, 5.41) is 10.2. The summed E-state index contributed by atoms with van der Waals surface area (Å²) in [7, 11) is -2.48. The maximum absolute atomic E-state index is 12.3. The second-order valence-electron chi connectivity index (χ2n) is 6.02. The predicted octanol–water partition coefficient (Wildman–Crippen LogP) is 3.32. The van der Waals surface area contributed by atoms with Crippen LogP contribution >= 0.6 is 15.9 Å². The molecule has 0 bridgehead atoms. The van der Waals surface area contributed by atoms with E-state index in [1.54, 1.807) is 31.2 Å². The first-order valence-corrected chi connectivity index (χ1v) is 10.6. The van der Waals surface area contributed by atoms with Gasteiger partial charge in [-0.05, 0) is 43.3 Å². The van der Waals surface area contributed by atoms with Gasteiger partial charge in [-0.1, -0.05) is 15.9 Å². The number of hydrogen-bond acceptors (Lipinski definition) is 7. The number of nitrogens with one attached hydrogen (secondary N) is 1. The van der Waals surface area contributed by atoms with E-state index in [4.69, 9.17) is 4.42 Å². The fraction of sp³-hybridized carbons (Fsp3) is 0.158. The van der Waals surface area contributed by atoms with E-state index in [0.717, 1.165) is 4.47 Å². The van der Waals surface area contributed by atoms with Gasteiger partial charge in [-0.25, -0.2) is 22.9 Å². The SMILES string of the molecule is COC(=O)C1=C(O)C(=Cc2ccc(CNS(=O)(=O)c3ccc(Br)cc3)o2)N=C1C. The van der Waals surface area contributed by atoms with Crippen LogP contribution in [0.3, 0.4) is 0 Å². The zero-order valence-corrected chi connectivity index (χ0v) is 17.9. The van der Waals surface area contributed by atoms with Crippen molar-refractivity contribution in [3.05, 3.63) is 69.4 Å². The van der Waals surface area contributed by atoms with Crippen molar-refractivity contribution in [3.63, 3.8) is 0 Å². The highest BCUT2D eigenvalue weighted by Crippen LogP contribution is 2.26. The van der Waals surface area contributed by atoms with Crippen LogP contribution in [0.15, 0.2) is 72.2 Å². The number of hydrogen-bond donors (Lipinski definition) is 2. The molecule has 3 rings (SSSR count). The van der Waals surface area contributed by atoms with Gasteiger partial charge in [0.25, 0.3) is 0 Å². The molecule has 152 valence electrons. The third-order valence-corrected chi connectivity index (χ3v) is 5.99. The number of aliphatic imine (C=N–C) groups is 1. The number of ether oxygens (including phenoxy) is 1. The van der Waals surface area contributed by atoms with Crippen molar-refractivity contribution in [1.29, 1.82) is 0 Å². The Hall–Kier alpha value is -2.69. The lowest BCUT2D eigenvalue weighted by Crippen LogP contribution is -2.22. The van der Waals surface area contributed by atoms with Gasteiger partial charge in [0.2, 0.25) is 10.0 Å². The van der Waals surface area contributed by atoms with E-state index < -0.39 is 16.0 Å². The summed E-state index contributed by atoms with van der Waals surface area (Å²) in [6.07, 6.45) is 1.45. The highest BCUT2D eigenvalue weighted by molar-refractivity contribution is 9.10. The molecule has 1 aliphatic heterocycles. The van der Waals surface area contributed by atoms with Crippen molar-refractivity contribution < 1.29 is 27.5 Å². The topological polar surface area (TPSA) is 118 Å². The second-order valence-corrected chi connectivity index (χ2v) is 8.71. The lowest BCUT2D eigenvalue weighted by molar-refractivity contribution is -0.135. The van der Waals surface area contributed by atoms with E-state index in [1.807, 2.05) is 0 Å². The molecule has 2 N–H and O–H groups in total. The van der Waals surface area contributed by atoms with Gasteiger partial charge in [-0.3, -0.25) is 0 Å². The average Bonchev–Trinajstić information content (AvgIpc) is 3.24. The molecule has 29 heavy (non-hydrogen) atoms. The van der Waals surface area contributed by atoms with E-state index >= 15 is 0 Å². The normalized spacial score (nSPS) is 15.7. The molecule has 0 saturated carbocycles. The van der Waals surface area contributed by atoms with Gasteiger partial charge >= 0.3 is 5.97 Å². The summed E-state index contributed by atoms with van der Waals surface area (Å²) < 4.78 is 38.1. The minimum absolute atomic E-state index is 0.00668. The maximum atomic E-state index is 12.3.